The average molecular weight is 392 g/mol. The predicted octanol–water partition coefficient (Wildman–Crippen LogP) is 3.74. The SMILES string of the molecule is COc1cc(Cl)ccc1OCc1cc(C(=O)N(C)C(C)c2ccon2)no1. The van der Waals surface area contributed by atoms with Crippen molar-refractivity contribution >= 4 is 17.5 Å². The van der Waals surface area contributed by atoms with E-state index in [4.69, 9.17) is 30.1 Å². The van der Waals surface area contributed by atoms with Gasteiger partial charge >= 0.3 is 0 Å². The first-order chi connectivity index (χ1) is 13.0. The van der Waals surface area contributed by atoms with Crippen LogP contribution in [0.3, 0.4) is 0 Å². The summed E-state index contributed by atoms with van der Waals surface area (Å²) in [6.07, 6.45) is 1.46. The van der Waals surface area contributed by atoms with E-state index in [9.17, 15) is 4.79 Å². The summed E-state index contributed by atoms with van der Waals surface area (Å²) in [7, 11) is 3.18. The molecule has 0 fully saturated rings. The molecule has 1 amide bonds. The molecule has 0 aliphatic carbocycles. The summed E-state index contributed by atoms with van der Waals surface area (Å²) in [6, 6.07) is 8.00. The van der Waals surface area contributed by atoms with Crippen molar-refractivity contribution in [3.63, 3.8) is 0 Å². The van der Waals surface area contributed by atoms with Crippen LogP contribution in [-0.4, -0.2) is 35.3 Å². The largest absolute Gasteiger partial charge is 0.493 e. The van der Waals surface area contributed by atoms with Gasteiger partial charge in [0, 0.05) is 30.3 Å². The summed E-state index contributed by atoms with van der Waals surface area (Å²) in [6.45, 7) is 1.92. The number of ether oxygens (including phenoxy) is 2. The maximum absolute atomic E-state index is 12.6. The number of nitrogens with zero attached hydrogens (tertiary/aromatic N) is 3. The van der Waals surface area contributed by atoms with Gasteiger partial charge in [-0.15, -0.1) is 0 Å². The normalized spacial score (nSPS) is 11.9. The highest BCUT2D eigenvalue weighted by Crippen LogP contribution is 2.30. The molecule has 9 heteroatoms. The van der Waals surface area contributed by atoms with E-state index >= 15 is 0 Å². The van der Waals surface area contributed by atoms with Gasteiger partial charge in [-0.2, -0.15) is 0 Å². The van der Waals surface area contributed by atoms with Gasteiger partial charge in [-0.1, -0.05) is 21.9 Å². The fourth-order valence-electron chi connectivity index (χ4n) is 2.38. The lowest BCUT2D eigenvalue weighted by atomic mass is 10.2. The quantitative estimate of drug-likeness (QED) is 0.605. The smallest absolute Gasteiger partial charge is 0.276 e. The first-order valence-corrected chi connectivity index (χ1v) is 8.46. The van der Waals surface area contributed by atoms with Gasteiger partial charge in [-0.25, -0.2) is 0 Å². The molecular weight excluding hydrogens is 374 g/mol. The Labute approximate surface area is 160 Å². The van der Waals surface area contributed by atoms with Crippen molar-refractivity contribution in [1.82, 2.24) is 15.2 Å². The van der Waals surface area contributed by atoms with Gasteiger partial charge in [0.15, 0.2) is 23.0 Å². The summed E-state index contributed by atoms with van der Waals surface area (Å²) in [5.41, 5.74) is 0.822. The molecule has 0 saturated carbocycles. The molecule has 2 heterocycles. The van der Waals surface area contributed by atoms with Crippen molar-refractivity contribution in [3.05, 3.63) is 58.8 Å². The van der Waals surface area contributed by atoms with E-state index < -0.39 is 0 Å². The minimum atomic E-state index is -0.301. The van der Waals surface area contributed by atoms with E-state index in [2.05, 4.69) is 10.3 Å². The lowest BCUT2D eigenvalue weighted by Gasteiger charge is -2.21. The lowest BCUT2D eigenvalue weighted by Crippen LogP contribution is -2.30. The Morgan fingerprint density at radius 2 is 2.07 bits per heavy atom. The van der Waals surface area contributed by atoms with Crippen molar-refractivity contribution in [3.8, 4) is 11.5 Å². The summed E-state index contributed by atoms with van der Waals surface area (Å²) in [5, 5.41) is 8.22. The van der Waals surface area contributed by atoms with Crippen LogP contribution in [-0.2, 0) is 6.61 Å². The number of hydrogen-bond acceptors (Lipinski definition) is 7. The minimum Gasteiger partial charge on any atom is -0.493 e. The standard InChI is InChI=1S/C18H18ClN3O5/c1-11(14-6-7-26-20-14)22(2)18(23)15-9-13(27-21-15)10-25-16-5-4-12(19)8-17(16)24-3/h4-9,11H,10H2,1-3H3. The molecular formula is C18H18ClN3O5. The molecule has 1 atom stereocenters. The fraction of sp³-hybridized carbons (Fsp3) is 0.278. The number of rotatable bonds is 7. The molecule has 2 aromatic heterocycles. The minimum absolute atomic E-state index is 0.0842. The maximum atomic E-state index is 12.6. The van der Waals surface area contributed by atoms with Gasteiger partial charge in [-0.3, -0.25) is 4.79 Å². The Balaban J connectivity index is 1.65. The summed E-state index contributed by atoms with van der Waals surface area (Å²) < 4.78 is 20.9. The van der Waals surface area contributed by atoms with Crippen LogP contribution in [0.5, 0.6) is 11.5 Å². The second-order valence-electron chi connectivity index (χ2n) is 5.78. The van der Waals surface area contributed by atoms with Gasteiger partial charge in [-0.05, 0) is 19.1 Å². The number of carbonyl (C=O) groups excluding carboxylic acids is 1. The molecule has 3 rings (SSSR count). The van der Waals surface area contributed by atoms with Crippen LogP contribution >= 0.6 is 11.6 Å². The van der Waals surface area contributed by atoms with Crippen LogP contribution in [0, 0.1) is 0 Å². The van der Waals surface area contributed by atoms with Crippen molar-refractivity contribution in [2.45, 2.75) is 19.6 Å². The van der Waals surface area contributed by atoms with E-state index in [0.29, 0.717) is 28.0 Å². The summed E-state index contributed by atoms with van der Waals surface area (Å²) in [5.74, 6) is 1.10. The van der Waals surface area contributed by atoms with E-state index in [-0.39, 0.29) is 24.2 Å². The van der Waals surface area contributed by atoms with Gasteiger partial charge in [0.1, 0.15) is 18.6 Å². The molecule has 0 radical (unpaired) electrons. The highest BCUT2D eigenvalue weighted by Gasteiger charge is 2.23. The van der Waals surface area contributed by atoms with E-state index in [1.54, 1.807) is 31.3 Å². The lowest BCUT2D eigenvalue weighted by molar-refractivity contribution is 0.0727. The third-order valence-electron chi connectivity index (χ3n) is 4.06. The Morgan fingerprint density at radius 3 is 2.78 bits per heavy atom. The summed E-state index contributed by atoms with van der Waals surface area (Å²) in [4.78, 5) is 14.1. The molecule has 142 valence electrons. The van der Waals surface area contributed by atoms with Crippen LogP contribution < -0.4 is 9.47 Å². The average Bonchev–Trinajstić information content (AvgIpc) is 3.37. The van der Waals surface area contributed by atoms with Gasteiger partial charge in [0.25, 0.3) is 5.91 Å². The Kier molecular flexibility index (Phi) is 5.66. The molecule has 0 N–H and O–H groups in total. The predicted molar refractivity (Wildman–Crippen MR) is 95.9 cm³/mol. The van der Waals surface area contributed by atoms with E-state index in [0.717, 1.165) is 0 Å². The number of amides is 1. The topological polar surface area (TPSA) is 90.8 Å². The molecule has 0 aliphatic rings. The molecule has 3 aromatic rings. The molecule has 27 heavy (non-hydrogen) atoms. The number of carbonyl (C=O) groups is 1. The molecule has 0 spiro atoms. The number of benzene rings is 1. The van der Waals surface area contributed by atoms with Crippen LogP contribution in [0.1, 0.15) is 34.9 Å². The van der Waals surface area contributed by atoms with Crippen LogP contribution in [0.25, 0.3) is 0 Å². The molecule has 0 saturated heterocycles. The Morgan fingerprint density at radius 1 is 1.26 bits per heavy atom. The van der Waals surface area contributed by atoms with Crippen molar-refractivity contribution in [2.24, 2.45) is 0 Å². The van der Waals surface area contributed by atoms with E-state index in [1.165, 1.54) is 24.3 Å². The fourth-order valence-corrected chi connectivity index (χ4v) is 2.55. The van der Waals surface area contributed by atoms with Crippen LogP contribution in [0.15, 0.2) is 45.6 Å². The molecule has 0 aliphatic heterocycles. The van der Waals surface area contributed by atoms with E-state index in [1.807, 2.05) is 6.92 Å². The monoisotopic (exact) mass is 391 g/mol. The zero-order valence-electron chi connectivity index (χ0n) is 15.0. The number of methoxy groups -OCH3 is 1. The maximum Gasteiger partial charge on any atom is 0.276 e. The molecule has 0 bridgehead atoms. The van der Waals surface area contributed by atoms with Crippen LogP contribution in [0.2, 0.25) is 5.02 Å². The second kappa shape index (κ2) is 8.13. The second-order valence-corrected chi connectivity index (χ2v) is 6.22. The van der Waals surface area contributed by atoms with Gasteiger partial charge < -0.3 is 23.4 Å². The van der Waals surface area contributed by atoms with Crippen LogP contribution in [0.4, 0.5) is 0 Å². The Hall–Kier alpha value is -3.00. The first kappa shape index (κ1) is 18.8. The number of aromatic nitrogens is 2. The summed E-state index contributed by atoms with van der Waals surface area (Å²) >= 11 is 5.93. The van der Waals surface area contributed by atoms with Gasteiger partial charge in [0.05, 0.1) is 13.2 Å². The van der Waals surface area contributed by atoms with Crippen molar-refractivity contribution in [2.75, 3.05) is 14.2 Å². The zero-order chi connectivity index (χ0) is 19.4. The zero-order valence-corrected chi connectivity index (χ0v) is 15.8. The molecule has 1 aromatic carbocycles. The molecule has 1 unspecified atom stereocenters. The highest BCUT2D eigenvalue weighted by atomic mass is 35.5. The van der Waals surface area contributed by atoms with Gasteiger partial charge in [0.2, 0.25) is 0 Å². The number of hydrogen-bond donors (Lipinski definition) is 0. The first-order valence-electron chi connectivity index (χ1n) is 8.09. The number of halogens is 1. The molecule has 8 nitrogen and oxygen atoms in total. The third-order valence-corrected chi connectivity index (χ3v) is 4.30. The van der Waals surface area contributed by atoms with Crippen molar-refractivity contribution < 1.29 is 23.3 Å². The van der Waals surface area contributed by atoms with Crippen molar-refractivity contribution in [1.29, 1.82) is 0 Å². The third kappa shape index (κ3) is 4.22. The Bertz CT molecular complexity index is 910. The highest BCUT2D eigenvalue weighted by molar-refractivity contribution is 6.30.